The Morgan fingerprint density at radius 3 is 2.48 bits per heavy atom. The van der Waals surface area contributed by atoms with Gasteiger partial charge in [0, 0.05) is 11.8 Å². The predicted octanol–water partition coefficient (Wildman–Crippen LogP) is 3.15. The summed E-state index contributed by atoms with van der Waals surface area (Å²) in [6, 6.07) is 17.1. The third-order valence-corrected chi connectivity index (χ3v) is 4.38. The number of rotatable bonds is 5. The van der Waals surface area contributed by atoms with Crippen LogP contribution in [-0.2, 0) is 0 Å². The van der Waals surface area contributed by atoms with Gasteiger partial charge in [0.1, 0.15) is 12.7 Å². The maximum Gasteiger partial charge on any atom is 0.251 e. The van der Waals surface area contributed by atoms with Crippen molar-refractivity contribution >= 4 is 5.91 Å². The summed E-state index contributed by atoms with van der Waals surface area (Å²) < 4.78 is 1.69. The predicted molar refractivity (Wildman–Crippen MR) is 101 cm³/mol. The maximum absolute atomic E-state index is 12.5. The molecular weight excluding hydrogens is 340 g/mol. The van der Waals surface area contributed by atoms with Gasteiger partial charge >= 0.3 is 0 Å². The standard InChI is InChI=1S/C20H18N6O/c1-14(15-6-8-18(9-7-15)26-13-21-12-23-26)24-20(27)17-4-2-16(3-5-17)19-10-11-22-25-19/h2-14H,1H3,(H,22,25)(H,24,27). The number of hydrogen-bond donors (Lipinski definition) is 2. The van der Waals surface area contributed by atoms with Crippen LogP contribution < -0.4 is 5.32 Å². The molecule has 1 amide bonds. The number of carbonyl (C=O) groups is 1. The Hall–Kier alpha value is -3.74. The Kier molecular flexibility index (Phi) is 4.49. The summed E-state index contributed by atoms with van der Waals surface area (Å²) >= 11 is 0. The topological polar surface area (TPSA) is 88.5 Å². The molecule has 0 spiro atoms. The van der Waals surface area contributed by atoms with Crippen molar-refractivity contribution in [3.63, 3.8) is 0 Å². The largest absolute Gasteiger partial charge is 0.346 e. The summed E-state index contributed by atoms with van der Waals surface area (Å²) in [5, 5.41) is 14.0. The molecule has 7 nitrogen and oxygen atoms in total. The van der Waals surface area contributed by atoms with Gasteiger partial charge in [-0.25, -0.2) is 9.67 Å². The van der Waals surface area contributed by atoms with E-state index in [1.165, 1.54) is 6.33 Å². The molecular formula is C20H18N6O. The molecule has 4 aromatic rings. The summed E-state index contributed by atoms with van der Waals surface area (Å²) in [6.07, 6.45) is 4.84. The summed E-state index contributed by atoms with van der Waals surface area (Å²) in [5.41, 5.74) is 4.46. The van der Waals surface area contributed by atoms with Crippen LogP contribution in [0.1, 0.15) is 28.9 Å². The van der Waals surface area contributed by atoms with Gasteiger partial charge in [-0.15, -0.1) is 0 Å². The lowest BCUT2D eigenvalue weighted by Crippen LogP contribution is -2.26. The van der Waals surface area contributed by atoms with E-state index in [0.717, 1.165) is 22.5 Å². The first-order valence-electron chi connectivity index (χ1n) is 8.56. The molecule has 27 heavy (non-hydrogen) atoms. The van der Waals surface area contributed by atoms with Crippen LogP contribution in [0.15, 0.2) is 73.4 Å². The number of hydrogen-bond acceptors (Lipinski definition) is 4. The number of carbonyl (C=O) groups excluding carboxylic acids is 1. The van der Waals surface area contributed by atoms with Gasteiger partial charge in [-0.2, -0.15) is 10.2 Å². The van der Waals surface area contributed by atoms with E-state index in [0.29, 0.717) is 5.56 Å². The van der Waals surface area contributed by atoms with E-state index < -0.39 is 0 Å². The van der Waals surface area contributed by atoms with Crippen molar-refractivity contribution in [1.82, 2.24) is 30.3 Å². The highest BCUT2D eigenvalue weighted by molar-refractivity contribution is 5.94. The third-order valence-electron chi connectivity index (χ3n) is 4.38. The van der Waals surface area contributed by atoms with E-state index in [9.17, 15) is 4.79 Å². The molecule has 2 aromatic heterocycles. The number of benzene rings is 2. The number of amides is 1. The van der Waals surface area contributed by atoms with Gasteiger partial charge in [-0.05, 0) is 48.4 Å². The Morgan fingerprint density at radius 1 is 1.07 bits per heavy atom. The molecule has 0 aliphatic rings. The first kappa shape index (κ1) is 16.7. The van der Waals surface area contributed by atoms with Crippen LogP contribution in [0.4, 0.5) is 0 Å². The molecule has 2 heterocycles. The van der Waals surface area contributed by atoms with Crippen molar-refractivity contribution in [2.45, 2.75) is 13.0 Å². The SMILES string of the molecule is CC(NC(=O)c1ccc(-c2ccn[nH]2)cc1)c1ccc(-n2cncn2)cc1. The fraction of sp³-hybridized carbons (Fsp3) is 0.100. The van der Waals surface area contributed by atoms with E-state index in [1.54, 1.807) is 17.2 Å². The molecule has 7 heteroatoms. The fourth-order valence-electron chi connectivity index (χ4n) is 2.84. The second kappa shape index (κ2) is 7.25. The van der Waals surface area contributed by atoms with Crippen LogP contribution in [-0.4, -0.2) is 30.9 Å². The summed E-state index contributed by atoms with van der Waals surface area (Å²) in [6.45, 7) is 1.96. The molecule has 1 unspecified atom stereocenters. The Morgan fingerprint density at radius 2 is 1.85 bits per heavy atom. The van der Waals surface area contributed by atoms with Crippen molar-refractivity contribution in [2.24, 2.45) is 0 Å². The highest BCUT2D eigenvalue weighted by atomic mass is 16.1. The second-order valence-corrected chi connectivity index (χ2v) is 6.17. The van der Waals surface area contributed by atoms with Crippen LogP contribution in [0.2, 0.25) is 0 Å². The van der Waals surface area contributed by atoms with Crippen LogP contribution in [0.3, 0.4) is 0 Å². The van der Waals surface area contributed by atoms with E-state index >= 15 is 0 Å². The van der Waals surface area contributed by atoms with Gasteiger partial charge in [0.25, 0.3) is 5.91 Å². The van der Waals surface area contributed by atoms with E-state index in [1.807, 2.05) is 61.5 Å². The minimum Gasteiger partial charge on any atom is -0.346 e. The monoisotopic (exact) mass is 358 g/mol. The Labute approximate surface area is 156 Å². The smallest absolute Gasteiger partial charge is 0.251 e. The molecule has 0 radical (unpaired) electrons. The average molecular weight is 358 g/mol. The molecule has 0 aliphatic carbocycles. The van der Waals surface area contributed by atoms with Crippen molar-refractivity contribution in [3.8, 4) is 16.9 Å². The zero-order chi connectivity index (χ0) is 18.6. The number of nitrogens with one attached hydrogen (secondary N) is 2. The number of H-pyrrole nitrogens is 1. The molecule has 0 aliphatic heterocycles. The van der Waals surface area contributed by atoms with Crippen molar-refractivity contribution in [1.29, 1.82) is 0 Å². The highest BCUT2D eigenvalue weighted by Crippen LogP contribution is 2.18. The highest BCUT2D eigenvalue weighted by Gasteiger charge is 2.12. The fourth-order valence-corrected chi connectivity index (χ4v) is 2.84. The van der Waals surface area contributed by atoms with Crippen LogP contribution in [0.5, 0.6) is 0 Å². The van der Waals surface area contributed by atoms with Gasteiger partial charge in [-0.1, -0.05) is 24.3 Å². The minimum absolute atomic E-state index is 0.112. The minimum atomic E-state index is -0.116. The summed E-state index contributed by atoms with van der Waals surface area (Å²) in [5.74, 6) is -0.112. The van der Waals surface area contributed by atoms with E-state index in [2.05, 4.69) is 25.6 Å². The number of nitrogens with zero attached hydrogens (tertiary/aromatic N) is 4. The van der Waals surface area contributed by atoms with Gasteiger partial charge in [0.15, 0.2) is 0 Å². The van der Waals surface area contributed by atoms with E-state index in [4.69, 9.17) is 0 Å². The van der Waals surface area contributed by atoms with Crippen LogP contribution in [0, 0.1) is 0 Å². The van der Waals surface area contributed by atoms with Gasteiger partial charge in [0.05, 0.1) is 17.4 Å². The zero-order valence-corrected chi connectivity index (χ0v) is 14.7. The maximum atomic E-state index is 12.5. The zero-order valence-electron chi connectivity index (χ0n) is 14.7. The lowest BCUT2D eigenvalue weighted by atomic mass is 10.1. The van der Waals surface area contributed by atoms with Crippen molar-refractivity contribution < 1.29 is 4.79 Å². The number of aromatic nitrogens is 5. The van der Waals surface area contributed by atoms with Gasteiger partial charge in [-0.3, -0.25) is 9.89 Å². The Balaban J connectivity index is 1.43. The summed E-state index contributed by atoms with van der Waals surface area (Å²) in [7, 11) is 0. The van der Waals surface area contributed by atoms with Crippen molar-refractivity contribution in [2.75, 3.05) is 0 Å². The van der Waals surface area contributed by atoms with Crippen molar-refractivity contribution in [3.05, 3.63) is 84.6 Å². The first-order chi connectivity index (χ1) is 13.2. The first-order valence-corrected chi connectivity index (χ1v) is 8.56. The number of aromatic amines is 1. The quantitative estimate of drug-likeness (QED) is 0.574. The lowest BCUT2D eigenvalue weighted by Gasteiger charge is -2.15. The molecule has 2 N–H and O–H groups in total. The van der Waals surface area contributed by atoms with Gasteiger partial charge in [0.2, 0.25) is 0 Å². The lowest BCUT2D eigenvalue weighted by molar-refractivity contribution is 0.0940. The second-order valence-electron chi connectivity index (χ2n) is 6.17. The van der Waals surface area contributed by atoms with Gasteiger partial charge < -0.3 is 5.32 Å². The normalized spacial score (nSPS) is 11.9. The molecule has 0 saturated carbocycles. The third kappa shape index (κ3) is 3.62. The summed E-state index contributed by atoms with van der Waals surface area (Å²) in [4.78, 5) is 16.5. The molecule has 2 aromatic carbocycles. The molecule has 0 bridgehead atoms. The average Bonchev–Trinajstić information content (AvgIpc) is 3.42. The molecule has 0 saturated heterocycles. The van der Waals surface area contributed by atoms with E-state index in [-0.39, 0.29) is 11.9 Å². The van der Waals surface area contributed by atoms with Crippen LogP contribution in [0.25, 0.3) is 16.9 Å². The van der Waals surface area contributed by atoms with Crippen LogP contribution >= 0.6 is 0 Å². The molecule has 4 rings (SSSR count). The molecule has 1 atom stereocenters. The molecule has 134 valence electrons. The molecule has 0 fully saturated rings. The Bertz CT molecular complexity index is 1010.